The van der Waals surface area contributed by atoms with Gasteiger partial charge >= 0.3 is 5.97 Å². The molecule has 0 aliphatic carbocycles. The van der Waals surface area contributed by atoms with Crippen molar-refractivity contribution >= 4 is 28.5 Å². The molecule has 0 radical (unpaired) electrons. The smallest absolute Gasteiger partial charge is 0.337 e. The largest absolute Gasteiger partial charge is 0.493 e. The number of benzene rings is 2. The van der Waals surface area contributed by atoms with Gasteiger partial charge in [-0.05, 0) is 13.0 Å². The van der Waals surface area contributed by atoms with Gasteiger partial charge in [0.1, 0.15) is 5.58 Å². The molecule has 1 aromatic heterocycles. The van der Waals surface area contributed by atoms with Crippen LogP contribution in [-0.2, 0) is 0 Å². The number of furan rings is 1. The average Bonchev–Trinajstić information content (AvgIpc) is 2.98. The summed E-state index contributed by atoms with van der Waals surface area (Å²) in [7, 11) is 2.83. The van der Waals surface area contributed by atoms with Crippen LogP contribution in [0.3, 0.4) is 0 Å². The predicted octanol–water partition coefficient (Wildman–Crippen LogP) is 3.71. The first-order chi connectivity index (χ1) is 12.5. The normalized spacial score (nSPS) is 10.6. The number of ether oxygens (including phenoxy) is 2. The summed E-state index contributed by atoms with van der Waals surface area (Å²) in [4.78, 5) is 24.2. The van der Waals surface area contributed by atoms with Gasteiger partial charge in [-0.3, -0.25) is 4.79 Å². The molecule has 7 heteroatoms. The zero-order chi connectivity index (χ0) is 18.8. The van der Waals surface area contributed by atoms with Crippen LogP contribution < -0.4 is 14.8 Å². The fourth-order valence-electron chi connectivity index (χ4n) is 2.73. The van der Waals surface area contributed by atoms with Crippen LogP contribution in [0, 0.1) is 6.92 Å². The van der Waals surface area contributed by atoms with Crippen molar-refractivity contribution in [2.45, 2.75) is 6.92 Å². The number of aryl methyl sites for hydroxylation is 1. The molecular formula is C19H17NO6. The van der Waals surface area contributed by atoms with Gasteiger partial charge in [0.25, 0.3) is 5.91 Å². The highest BCUT2D eigenvalue weighted by atomic mass is 16.5. The Morgan fingerprint density at radius 3 is 2.35 bits per heavy atom. The van der Waals surface area contributed by atoms with Gasteiger partial charge in [-0.25, -0.2) is 4.79 Å². The third-order valence-electron chi connectivity index (χ3n) is 4.05. The molecule has 0 spiro atoms. The molecule has 3 rings (SSSR count). The van der Waals surface area contributed by atoms with Crippen molar-refractivity contribution in [2.75, 3.05) is 19.5 Å². The summed E-state index contributed by atoms with van der Waals surface area (Å²) in [6, 6.07) is 9.97. The number of amides is 1. The number of rotatable bonds is 5. The SMILES string of the molecule is COc1cc(NC(=O)c2oc3ccccc3c2C)c(C(=O)O)cc1OC. The monoisotopic (exact) mass is 355 g/mol. The van der Waals surface area contributed by atoms with E-state index in [1.54, 1.807) is 13.0 Å². The Balaban J connectivity index is 2.02. The number of carbonyl (C=O) groups is 2. The number of aromatic carboxylic acids is 1. The fraction of sp³-hybridized carbons (Fsp3) is 0.158. The van der Waals surface area contributed by atoms with E-state index in [0.717, 1.165) is 5.39 Å². The van der Waals surface area contributed by atoms with E-state index in [0.29, 0.717) is 16.9 Å². The molecule has 2 aromatic carbocycles. The maximum absolute atomic E-state index is 12.7. The van der Waals surface area contributed by atoms with Crippen LogP contribution >= 0.6 is 0 Å². The predicted molar refractivity (Wildman–Crippen MR) is 95.4 cm³/mol. The summed E-state index contributed by atoms with van der Waals surface area (Å²) in [6.45, 7) is 1.77. The molecular weight excluding hydrogens is 338 g/mol. The second-order valence-corrected chi connectivity index (χ2v) is 5.56. The Bertz CT molecular complexity index is 1000. The number of carboxylic acids is 1. The van der Waals surface area contributed by atoms with E-state index >= 15 is 0 Å². The summed E-state index contributed by atoms with van der Waals surface area (Å²) in [5.74, 6) is -1.08. The van der Waals surface area contributed by atoms with Crippen molar-refractivity contribution < 1.29 is 28.6 Å². The summed E-state index contributed by atoms with van der Waals surface area (Å²) < 4.78 is 15.9. The van der Waals surface area contributed by atoms with Crippen LogP contribution in [0.2, 0.25) is 0 Å². The van der Waals surface area contributed by atoms with Crippen LogP contribution in [0.5, 0.6) is 11.5 Å². The molecule has 3 aromatic rings. The van der Waals surface area contributed by atoms with Crippen LogP contribution in [0.15, 0.2) is 40.8 Å². The number of carboxylic acid groups (broad SMARTS) is 1. The van der Waals surface area contributed by atoms with Crippen molar-refractivity contribution in [2.24, 2.45) is 0 Å². The van der Waals surface area contributed by atoms with E-state index in [4.69, 9.17) is 13.9 Å². The first-order valence-electron chi connectivity index (χ1n) is 7.75. The number of nitrogens with one attached hydrogen (secondary N) is 1. The van der Waals surface area contributed by atoms with Crippen LogP contribution in [0.4, 0.5) is 5.69 Å². The van der Waals surface area contributed by atoms with Crippen LogP contribution in [-0.4, -0.2) is 31.2 Å². The number of para-hydroxylation sites is 1. The number of methoxy groups -OCH3 is 2. The Morgan fingerprint density at radius 1 is 1.08 bits per heavy atom. The van der Waals surface area contributed by atoms with Gasteiger partial charge in [-0.15, -0.1) is 0 Å². The van der Waals surface area contributed by atoms with E-state index in [-0.39, 0.29) is 22.8 Å². The first-order valence-corrected chi connectivity index (χ1v) is 7.75. The van der Waals surface area contributed by atoms with E-state index in [9.17, 15) is 14.7 Å². The average molecular weight is 355 g/mol. The quantitative estimate of drug-likeness (QED) is 0.724. The lowest BCUT2D eigenvalue weighted by atomic mass is 10.1. The summed E-state index contributed by atoms with van der Waals surface area (Å²) in [5.41, 5.74) is 1.22. The Kier molecular flexibility index (Phi) is 4.53. The van der Waals surface area contributed by atoms with Gasteiger partial charge in [0.05, 0.1) is 25.5 Å². The highest BCUT2D eigenvalue weighted by molar-refractivity contribution is 6.09. The third kappa shape index (κ3) is 2.95. The van der Waals surface area contributed by atoms with Gasteiger partial charge in [-0.2, -0.15) is 0 Å². The van der Waals surface area contributed by atoms with Gasteiger partial charge in [0, 0.05) is 23.1 Å². The van der Waals surface area contributed by atoms with Crippen LogP contribution in [0.1, 0.15) is 26.5 Å². The molecule has 1 amide bonds. The first kappa shape index (κ1) is 17.3. The summed E-state index contributed by atoms with van der Waals surface area (Å²) in [6.07, 6.45) is 0. The van der Waals surface area contributed by atoms with Gasteiger partial charge in [-0.1, -0.05) is 18.2 Å². The molecule has 0 fully saturated rings. The summed E-state index contributed by atoms with van der Waals surface area (Å²) in [5, 5.41) is 12.8. The van der Waals surface area contributed by atoms with Gasteiger partial charge < -0.3 is 24.3 Å². The molecule has 7 nitrogen and oxygen atoms in total. The van der Waals surface area contributed by atoms with Crippen molar-refractivity contribution in [3.63, 3.8) is 0 Å². The number of fused-ring (bicyclic) bond motifs is 1. The number of carbonyl (C=O) groups excluding carboxylic acids is 1. The Morgan fingerprint density at radius 2 is 1.73 bits per heavy atom. The van der Waals surface area contributed by atoms with Gasteiger partial charge in [0.2, 0.25) is 0 Å². The van der Waals surface area contributed by atoms with Crippen molar-refractivity contribution in [1.82, 2.24) is 0 Å². The molecule has 0 aliphatic heterocycles. The molecule has 0 atom stereocenters. The minimum Gasteiger partial charge on any atom is -0.493 e. The lowest BCUT2D eigenvalue weighted by Gasteiger charge is -2.13. The minimum absolute atomic E-state index is 0.0833. The molecule has 26 heavy (non-hydrogen) atoms. The maximum Gasteiger partial charge on any atom is 0.337 e. The second-order valence-electron chi connectivity index (χ2n) is 5.56. The van der Waals surface area contributed by atoms with E-state index < -0.39 is 11.9 Å². The fourth-order valence-corrected chi connectivity index (χ4v) is 2.73. The second kappa shape index (κ2) is 6.79. The third-order valence-corrected chi connectivity index (χ3v) is 4.05. The number of hydrogen-bond donors (Lipinski definition) is 2. The van der Waals surface area contributed by atoms with E-state index in [1.165, 1.54) is 26.4 Å². The minimum atomic E-state index is -1.21. The standard InChI is InChI=1S/C19H17NO6/c1-10-11-6-4-5-7-14(11)26-17(10)18(21)20-13-9-16(25-3)15(24-2)8-12(13)19(22)23/h4-9H,1-3H3,(H,20,21)(H,22,23). The highest BCUT2D eigenvalue weighted by Gasteiger charge is 2.22. The number of anilines is 1. The molecule has 134 valence electrons. The zero-order valence-electron chi connectivity index (χ0n) is 14.5. The zero-order valence-corrected chi connectivity index (χ0v) is 14.5. The highest BCUT2D eigenvalue weighted by Crippen LogP contribution is 2.34. The lowest BCUT2D eigenvalue weighted by molar-refractivity contribution is 0.0697. The van der Waals surface area contributed by atoms with Crippen molar-refractivity contribution in [1.29, 1.82) is 0 Å². The molecule has 0 aliphatic rings. The topological polar surface area (TPSA) is 98.0 Å². The molecule has 2 N–H and O–H groups in total. The lowest BCUT2D eigenvalue weighted by Crippen LogP contribution is -2.15. The summed E-state index contributed by atoms with van der Waals surface area (Å²) >= 11 is 0. The molecule has 0 unspecified atom stereocenters. The van der Waals surface area contributed by atoms with E-state index in [1.807, 2.05) is 18.2 Å². The van der Waals surface area contributed by atoms with E-state index in [2.05, 4.69) is 5.32 Å². The van der Waals surface area contributed by atoms with Crippen LogP contribution in [0.25, 0.3) is 11.0 Å². The molecule has 0 saturated carbocycles. The Hall–Kier alpha value is -3.48. The number of hydrogen-bond acceptors (Lipinski definition) is 5. The molecule has 1 heterocycles. The van der Waals surface area contributed by atoms with Crippen molar-refractivity contribution in [3.05, 3.63) is 53.3 Å². The van der Waals surface area contributed by atoms with Gasteiger partial charge in [0.15, 0.2) is 17.3 Å². The maximum atomic E-state index is 12.7. The molecule has 0 saturated heterocycles. The van der Waals surface area contributed by atoms with Crippen molar-refractivity contribution in [3.8, 4) is 11.5 Å². The molecule has 0 bridgehead atoms. The Labute approximate surface area is 149 Å².